The number of nitrogens with two attached hydrogens (primary N) is 1. The molecule has 3 N–H and O–H groups in total. The second-order valence-electron chi connectivity index (χ2n) is 2.13. The zero-order chi connectivity index (χ0) is 11.0. The molecule has 1 aromatic heterocycles. The van der Waals surface area contributed by atoms with Gasteiger partial charge in [0.05, 0.1) is 7.11 Å². The van der Waals surface area contributed by atoms with Crippen molar-refractivity contribution in [2.45, 2.75) is 0 Å². The van der Waals surface area contributed by atoms with Gasteiger partial charge >= 0.3 is 29.6 Å². The molecule has 0 saturated carbocycles. The molecule has 0 radical (unpaired) electrons. The van der Waals surface area contributed by atoms with Gasteiger partial charge in [-0.25, -0.2) is 0 Å². The van der Waals surface area contributed by atoms with Gasteiger partial charge in [-0.05, 0) is 6.07 Å². The Bertz CT molecular complexity index is 276. The van der Waals surface area contributed by atoms with Gasteiger partial charge in [0.25, 0.3) is 0 Å². The molecule has 0 saturated heterocycles. The predicted octanol–water partition coefficient (Wildman–Crippen LogP) is -2.09. The first-order chi connectivity index (χ1) is 6.60. The summed E-state index contributed by atoms with van der Waals surface area (Å²) in [6.45, 7) is 0. The number of hydrogen-bond acceptors (Lipinski definition) is 5. The van der Waals surface area contributed by atoms with Crippen molar-refractivity contribution in [3.8, 4) is 5.88 Å². The SMILES string of the molecule is CNc1cccc(OC)n1.NC(=S)[S-].[Na+]. The van der Waals surface area contributed by atoms with E-state index in [1.165, 1.54) is 0 Å². The zero-order valence-corrected chi connectivity index (χ0v) is 12.6. The number of aromatic nitrogens is 1. The smallest absolute Gasteiger partial charge is 0.481 e. The van der Waals surface area contributed by atoms with Crippen molar-refractivity contribution in [2.75, 3.05) is 19.5 Å². The molecule has 15 heavy (non-hydrogen) atoms. The van der Waals surface area contributed by atoms with Gasteiger partial charge in [0.2, 0.25) is 5.88 Å². The van der Waals surface area contributed by atoms with Crippen molar-refractivity contribution in [3.05, 3.63) is 18.2 Å². The molecule has 7 heteroatoms. The van der Waals surface area contributed by atoms with Gasteiger partial charge in [0.1, 0.15) is 5.82 Å². The van der Waals surface area contributed by atoms with Crippen LogP contribution in [0.15, 0.2) is 18.2 Å². The molecule has 0 aliphatic heterocycles. The minimum absolute atomic E-state index is 0. The standard InChI is InChI=1S/C7H10N2O.CH3NS2.Na/c1-8-6-4-3-5-7(9-6)10-2;2-1(3)4;/h3-5H,1-2H3,(H,8,9);(H3,2,3,4);/q;;+1/p-1. The average Bonchev–Trinajstić information content (AvgIpc) is 2.17. The van der Waals surface area contributed by atoms with E-state index in [0.717, 1.165) is 5.82 Å². The van der Waals surface area contributed by atoms with Crippen molar-refractivity contribution in [3.63, 3.8) is 0 Å². The summed E-state index contributed by atoms with van der Waals surface area (Å²) in [6.07, 6.45) is 0. The topological polar surface area (TPSA) is 60.2 Å². The maximum atomic E-state index is 4.91. The van der Waals surface area contributed by atoms with E-state index >= 15 is 0 Å². The predicted molar refractivity (Wildman–Crippen MR) is 64.5 cm³/mol. The van der Waals surface area contributed by atoms with Crippen LogP contribution < -0.4 is 45.3 Å². The number of methoxy groups -OCH3 is 1. The second kappa shape index (κ2) is 10.4. The van der Waals surface area contributed by atoms with Crippen LogP contribution in [0, 0.1) is 0 Å². The molecule has 0 unspecified atom stereocenters. The van der Waals surface area contributed by atoms with Gasteiger partial charge in [-0.1, -0.05) is 10.4 Å². The maximum Gasteiger partial charge on any atom is 1.00 e. The first-order valence-electron chi connectivity index (χ1n) is 3.75. The van der Waals surface area contributed by atoms with Gasteiger partial charge in [0, 0.05) is 13.1 Å². The first kappa shape index (κ1) is 17.3. The number of rotatable bonds is 2. The van der Waals surface area contributed by atoms with Crippen LogP contribution in [0.4, 0.5) is 5.82 Å². The molecule has 0 bridgehead atoms. The van der Waals surface area contributed by atoms with Crippen LogP contribution in [-0.2, 0) is 12.6 Å². The summed E-state index contributed by atoms with van der Waals surface area (Å²) in [5, 5.41) is 2.91. The van der Waals surface area contributed by atoms with Crippen LogP contribution in [0.25, 0.3) is 0 Å². The van der Waals surface area contributed by atoms with Gasteiger partial charge in [0.15, 0.2) is 0 Å². The molecule has 1 heterocycles. The Kier molecular flexibility index (Phi) is 11.9. The monoisotopic (exact) mass is 253 g/mol. The van der Waals surface area contributed by atoms with Gasteiger partial charge in [-0.15, -0.1) is 0 Å². The van der Waals surface area contributed by atoms with E-state index < -0.39 is 0 Å². The Hall–Kier alpha value is -0.140. The Balaban J connectivity index is 0. The van der Waals surface area contributed by atoms with Gasteiger partial charge in [-0.2, -0.15) is 4.98 Å². The molecule has 1 rings (SSSR count). The average molecular weight is 253 g/mol. The van der Waals surface area contributed by atoms with Gasteiger partial charge in [-0.3, -0.25) is 0 Å². The maximum absolute atomic E-state index is 4.91. The summed E-state index contributed by atoms with van der Waals surface area (Å²) in [4.78, 5) is 4.08. The van der Waals surface area contributed by atoms with E-state index in [1.807, 2.05) is 19.2 Å². The van der Waals surface area contributed by atoms with E-state index in [9.17, 15) is 0 Å². The minimum Gasteiger partial charge on any atom is -0.481 e. The number of anilines is 1. The Morgan fingerprint density at radius 1 is 1.60 bits per heavy atom. The van der Waals surface area contributed by atoms with Crippen LogP contribution >= 0.6 is 12.2 Å². The molecule has 0 fully saturated rings. The molecule has 0 spiro atoms. The van der Waals surface area contributed by atoms with Gasteiger partial charge < -0.3 is 40.6 Å². The third-order valence-electron chi connectivity index (χ3n) is 1.19. The molecule has 0 aromatic carbocycles. The third-order valence-corrected chi connectivity index (χ3v) is 1.19. The minimum atomic E-state index is 0. The summed E-state index contributed by atoms with van der Waals surface area (Å²) in [5.74, 6) is 1.45. The molecular weight excluding hydrogens is 241 g/mol. The molecular formula is C8H12N3NaOS2. The summed E-state index contributed by atoms with van der Waals surface area (Å²) in [5.41, 5.74) is 4.66. The largest absolute Gasteiger partial charge is 1.00 e. The van der Waals surface area contributed by atoms with Crippen LogP contribution in [-0.4, -0.2) is 23.5 Å². The van der Waals surface area contributed by atoms with Crippen molar-refractivity contribution < 1.29 is 34.3 Å². The fourth-order valence-corrected chi connectivity index (χ4v) is 0.668. The molecule has 0 atom stereocenters. The Labute approximate surface area is 123 Å². The second-order valence-corrected chi connectivity index (χ2v) is 3.27. The molecule has 0 aliphatic rings. The molecule has 0 aliphatic carbocycles. The molecule has 0 amide bonds. The van der Waals surface area contributed by atoms with Crippen molar-refractivity contribution in [1.82, 2.24) is 4.98 Å². The Morgan fingerprint density at radius 3 is 2.53 bits per heavy atom. The number of nitrogens with one attached hydrogen (secondary N) is 1. The number of hydrogen-bond donors (Lipinski definition) is 2. The van der Waals surface area contributed by atoms with E-state index in [-0.39, 0.29) is 33.9 Å². The summed E-state index contributed by atoms with van der Waals surface area (Å²) < 4.78 is 4.99. The first-order valence-corrected chi connectivity index (χ1v) is 4.57. The quantitative estimate of drug-likeness (QED) is 0.358. The van der Waals surface area contributed by atoms with E-state index in [1.54, 1.807) is 13.2 Å². The van der Waals surface area contributed by atoms with Crippen LogP contribution in [0.3, 0.4) is 0 Å². The van der Waals surface area contributed by atoms with E-state index in [0.29, 0.717) is 5.88 Å². The summed E-state index contributed by atoms with van der Waals surface area (Å²) >= 11 is 8.26. The number of ether oxygens (including phenoxy) is 1. The normalized spacial score (nSPS) is 7.60. The number of nitrogens with zero attached hydrogens (tertiary/aromatic N) is 1. The van der Waals surface area contributed by atoms with E-state index in [2.05, 4.69) is 40.9 Å². The molecule has 1 aromatic rings. The van der Waals surface area contributed by atoms with Crippen molar-refractivity contribution >= 4 is 35.0 Å². The zero-order valence-electron chi connectivity index (χ0n) is 8.98. The summed E-state index contributed by atoms with van der Waals surface area (Å²) in [6, 6.07) is 5.57. The summed E-state index contributed by atoms with van der Waals surface area (Å²) in [7, 11) is 3.42. The van der Waals surface area contributed by atoms with Crippen LogP contribution in [0.1, 0.15) is 0 Å². The van der Waals surface area contributed by atoms with Crippen molar-refractivity contribution in [2.24, 2.45) is 5.73 Å². The fourth-order valence-electron chi connectivity index (χ4n) is 0.668. The third kappa shape index (κ3) is 10.1. The molecule has 4 nitrogen and oxygen atoms in total. The van der Waals surface area contributed by atoms with Crippen LogP contribution in [0.2, 0.25) is 0 Å². The van der Waals surface area contributed by atoms with Crippen LogP contribution in [0.5, 0.6) is 5.88 Å². The van der Waals surface area contributed by atoms with Crippen molar-refractivity contribution in [1.29, 1.82) is 0 Å². The molecule has 78 valence electrons. The Morgan fingerprint density at radius 2 is 2.13 bits per heavy atom. The fraction of sp³-hybridized carbons (Fsp3) is 0.250. The number of pyridine rings is 1. The number of thiocarbonyl (C=S) groups is 1. The van der Waals surface area contributed by atoms with E-state index in [4.69, 9.17) is 4.74 Å².